The van der Waals surface area contributed by atoms with Gasteiger partial charge in [-0.1, -0.05) is 48.9 Å². The summed E-state index contributed by atoms with van der Waals surface area (Å²) in [5, 5.41) is 16.7. The van der Waals surface area contributed by atoms with Crippen LogP contribution in [0.5, 0.6) is 0 Å². The summed E-state index contributed by atoms with van der Waals surface area (Å²) in [5.74, 6) is -6.73. The fourth-order valence-corrected chi connectivity index (χ4v) is 11.8. The van der Waals surface area contributed by atoms with Crippen LogP contribution in [-0.4, -0.2) is 81.9 Å². The molecule has 1 unspecified atom stereocenters. The highest BCUT2D eigenvalue weighted by Gasteiger charge is 2.80. The van der Waals surface area contributed by atoms with Crippen molar-refractivity contribution < 1.29 is 52.4 Å². The van der Waals surface area contributed by atoms with Gasteiger partial charge in [0.25, 0.3) is 0 Å². The number of pyridine rings is 1. The lowest BCUT2D eigenvalue weighted by molar-refractivity contribution is -0.246. The molecule has 2 aromatic carbocycles. The summed E-state index contributed by atoms with van der Waals surface area (Å²) in [5.41, 5.74) is 2.65. The van der Waals surface area contributed by atoms with Crippen molar-refractivity contribution >= 4 is 45.9 Å². The van der Waals surface area contributed by atoms with E-state index in [0.717, 1.165) is 10.8 Å². The Labute approximate surface area is 358 Å². The topological polar surface area (TPSA) is 193 Å². The van der Waals surface area contributed by atoms with Crippen LogP contribution >= 0.6 is 0 Å². The smallest absolute Gasteiger partial charge is 0.310 e. The SMILES string of the molecule is CC1(C)O[C@@H]2C[C@H]3[C@@H]4CCC5=CC(=O)C=C[C@]5(C)[C@@]4(F)[C@@H](O)C[C@]3(C)[C@]2(C(=O)COC(=O)[C@@H]2CC2C(=O)OCc2ccc([C@@H](CN)C(=O)Nc3ccc4cnccc4c3)cc2)O1. The minimum atomic E-state index is -2.11. The molecule has 62 heavy (non-hydrogen) atoms. The highest BCUT2D eigenvalue weighted by atomic mass is 19.1. The number of Topliss-reactive ketones (excluding diaryl/α,β-unsaturated/α-hetero) is 1. The van der Waals surface area contributed by atoms with Crippen molar-refractivity contribution in [1.29, 1.82) is 0 Å². The number of ketones is 2. The van der Waals surface area contributed by atoms with E-state index in [0.29, 0.717) is 41.6 Å². The zero-order chi connectivity index (χ0) is 44.0. The molecule has 1 amide bonds. The van der Waals surface area contributed by atoms with Gasteiger partial charge in [0.2, 0.25) is 11.7 Å². The zero-order valence-corrected chi connectivity index (χ0v) is 35.2. The van der Waals surface area contributed by atoms with E-state index < -0.39 is 94.0 Å². The molecule has 5 fully saturated rings. The van der Waals surface area contributed by atoms with Gasteiger partial charge >= 0.3 is 11.9 Å². The number of nitrogens with one attached hydrogen (secondary N) is 1. The second-order valence-electron chi connectivity index (χ2n) is 18.9. The largest absolute Gasteiger partial charge is 0.461 e. The average Bonchev–Trinajstić information content (AvgIpc) is 3.95. The molecule has 4 saturated carbocycles. The second-order valence-corrected chi connectivity index (χ2v) is 18.9. The molecule has 13 nitrogen and oxygen atoms in total. The fourth-order valence-electron chi connectivity index (χ4n) is 11.8. The van der Waals surface area contributed by atoms with Crippen LogP contribution in [0.3, 0.4) is 0 Å². The molecule has 3 aromatic rings. The number of aliphatic hydroxyl groups is 1. The van der Waals surface area contributed by atoms with Crippen LogP contribution in [0.15, 0.2) is 84.7 Å². The minimum Gasteiger partial charge on any atom is -0.461 e. The first-order valence-corrected chi connectivity index (χ1v) is 21.4. The molecular weight excluding hydrogens is 798 g/mol. The number of fused-ring (bicyclic) bond motifs is 8. The third-order valence-corrected chi connectivity index (χ3v) is 15.0. The Bertz CT molecular complexity index is 2440. The van der Waals surface area contributed by atoms with Crippen LogP contribution in [-0.2, 0) is 49.5 Å². The molecule has 2 heterocycles. The summed E-state index contributed by atoms with van der Waals surface area (Å²) in [6.07, 6.45) is 6.81. The summed E-state index contributed by atoms with van der Waals surface area (Å²) in [4.78, 5) is 70.4. The molecule has 0 spiro atoms. The van der Waals surface area contributed by atoms with Gasteiger partial charge in [0.1, 0.15) is 6.61 Å². The Morgan fingerprint density at radius 1 is 0.984 bits per heavy atom. The molecule has 6 aliphatic rings. The van der Waals surface area contributed by atoms with Gasteiger partial charge in [0, 0.05) is 46.8 Å². The lowest BCUT2D eigenvalue weighted by Crippen LogP contribution is -2.70. The number of carbonyl (C=O) groups excluding carboxylic acids is 5. The molecular formula is C48H52FN3O10. The summed E-state index contributed by atoms with van der Waals surface area (Å²) >= 11 is 0. The fraction of sp³-hybridized carbons (Fsp3) is 0.500. The summed E-state index contributed by atoms with van der Waals surface area (Å²) in [7, 11) is 0. The van der Waals surface area contributed by atoms with E-state index in [-0.39, 0.29) is 37.7 Å². The number of nitrogens with two attached hydrogens (primary N) is 1. The lowest BCUT2D eigenvalue weighted by atomic mass is 9.44. The molecule has 1 aromatic heterocycles. The van der Waals surface area contributed by atoms with Crippen LogP contribution in [0.1, 0.15) is 76.8 Å². The number of ether oxygens (including phenoxy) is 4. The number of hydrogen-bond donors (Lipinski definition) is 3. The standard InChI is InChI=1S/C48H52FN3O10/c1-44(2)61-40-20-37-36-12-10-30-18-32(53)13-15-45(30,3)47(36,49)38(54)21-46(37,4)48(40,62-44)39(55)25-60-43(58)34-19-33(34)42(57)59-24-26-5-7-27(8-6-26)35(22-50)41(56)52-31-11-9-29-23-51-16-14-28(29)17-31/h5-9,11,13-18,23,33-38,40,54H,10,12,19-22,24-25,50H2,1-4H3,(H,52,56)/t33?,34-,35-,36+,37+,38+,40-,45+,46+,47+,48-/m1/s1. The Balaban J connectivity index is 0.807. The molecule has 5 aliphatic carbocycles. The number of aromatic nitrogens is 1. The van der Waals surface area contributed by atoms with E-state index in [1.54, 1.807) is 63.5 Å². The third kappa shape index (κ3) is 6.55. The van der Waals surface area contributed by atoms with Gasteiger partial charge in [-0.05, 0) is 106 Å². The summed E-state index contributed by atoms with van der Waals surface area (Å²) in [6, 6.07) is 14.5. The maximum Gasteiger partial charge on any atom is 0.310 e. The van der Waals surface area contributed by atoms with Crippen LogP contribution in [0.25, 0.3) is 10.8 Å². The highest BCUT2D eigenvalue weighted by Crippen LogP contribution is 2.72. The number of amides is 1. The molecule has 11 atom stereocenters. The van der Waals surface area contributed by atoms with Crippen LogP contribution in [0, 0.1) is 34.5 Å². The Hall–Kier alpha value is -5.15. The zero-order valence-electron chi connectivity index (χ0n) is 35.2. The van der Waals surface area contributed by atoms with Gasteiger partial charge in [-0.3, -0.25) is 29.0 Å². The maximum atomic E-state index is 17.8. The third-order valence-electron chi connectivity index (χ3n) is 15.0. The molecule has 1 aliphatic heterocycles. The number of carbonyl (C=O) groups is 5. The average molecular weight is 850 g/mol. The Morgan fingerprint density at radius 3 is 2.47 bits per heavy atom. The maximum absolute atomic E-state index is 17.8. The highest BCUT2D eigenvalue weighted by molar-refractivity contribution is 6.01. The van der Waals surface area contributed by atoms with E-state index in [2.05, 4.69) is 10.3 Å². The van der Waals surface area contributed by atoms with E-state index in [9.17, 15) is 29.1 Å². The molecule has 1 saturated heterocycles. The van der Waals surface area contributed by atoms with Gasteiger partial charge in [0.05, 0.1) is 30.0 Å². The molecule has 0 radical (unpaired) electrons. The molecule has 9 rings (SSSR count). The van der Waals surface area contributed by atoms with Crippen LogP contribution < -0.4 is 11.1 Å². The predicted molar refractivity (Wildman–Crippen MR) is 222 cm³/mol. The number of esters is 2. The van der Waals surface area contributed by atoms with Gasteiger partial charge in [-0.15, -0.1) is 0 Å². The molecule has 4 N–H and O–H groups in total. The van der Waals surface area contributed by atoms with Crippen molar-refractivity contribution in [3.63, 3.8) is 0 Å². The normalized spacial score (nSPS) is 35.4. The van der Waals surface area contributed by atoms with Crippen molar-refractivity contribution in [2.45, 2.75) is 102 Å². The van der Waals surface area contributed by atoms with Crippen LogP contribution in [0.2, 0.25) is 0 Å². The molecule has 326 valence electrons. The first kappa shape index (κ1) is 42.2. The molecule has 14 heteroatoms. The van der Waals surface area contributed by atoms with Gasteiger partial charge < -0.3 is 35.1 Å². The van der Waals surface area contributed by atoms with Crippen molar-refractivity contribution in [3.8, 4) is 0 Å². The van der Waals surface area contributed by atoms with E-state index in [1.807, 2.05) is 31.2 Å². The second kappa shape index (κ2) is 15.0. The van der Waals surface area contributed by atoms with Gasteiger partial charge in [-0.2, -0.15) is 0 Å². The monoisotopic (exact) mass is 849 g/mol. The Kier molecular flexibility index (Phi) is 10.2. The quantitative estimate of drug-likeness (QED) is 0.203. The van der Waals surface area contributed by atoms with Crippen LogP contribution in [0.4, 0.5) is 10.1 Å². The number of benzene rings is 2. The van der Waals surface area contributed by atoms with E-state index >= 15 is 4.39 Å². The number of halogens is 1. The van der Waals surface area contributed by atoms with E-state index in [4.69, 9.17) is 24.7 Å². The predicted octanol–water partition coefficient (Wildman–Crippen LogP) is 5.58. The van der Waals surface area contributed by atoms with Crippen molar-refractivity contribution in [1.82, 2.24) is 4.98 Å². The minimum absolute atomic E-state index is 0.0593. The number of rotatable bonds is 11. The van der Waals surface area contributed by atoms with Crippen molar-refractivity contribution in [3.05, 3.63) is 95.9 Å². The first-order valence-electron chi connectivity index (χ1n) is 21.4. The number of hydrogen-bond acceptors (Lipinski definition) is 12. The summed E-state index contributed by atoms with van der Waals surface area (Å²) in [6.45, 7) is 6.34. The Morgan fingerprint density at radius 2 is 1.73 bits per heavy atom. The lowest BCUT2D eigenvalue weighted by Gasteiger charge is -2.62. The number of nitrogens with zero attached hydrogens (tertiary/aromatic N) is 1. The number of aliphatic hydroxyl groups excluding tert-OH is 1. The number of alkyl halides is 1. The number of allylic oxidation sites excluding steroid dienone is 4. The van der Waals surface area contributed by atoms with Crippen molar-refractivity contribution in [2.24, 2.45) is 40.2 Å². The molecule has 0 bridgehead atoms. The number of anilines is 1. The van der Waals surface area contributed by atoms with Gasteiger partial charge in [0.15, 0.2) is 29.4 Å². The van der Waals surface area contributed by atoms with Crippen molar-refractivity contribution in [2.75, 3.05) is 18.5 Å². The van der Waals surface area contributed by atoms with Gasteiger partial charge in [-0.25, -0.2) is 4.39 Å². The first-order chi connectivity index (χ1) is 29.4. The summed E-state index contributed by atoms with van der Waals surface area (Å²) < 4.78 is 41.8. The van der Waals surface area contributed by atoms with E-state index in [1.165, 1.54) is 12.2 Å².